The molecule has 2 rings (SSSR count). The topological polar surface area (TPSA) is 34.1 Å². The Labute approximate surface area is 84.8 Å². The van der Waals surface area contributed by atoms with E-state index in [4.69, 9.17) is 0 Å². The predicted molar refractivity (Wildman–Crippen MR) is 58.1 cm³/mol. The van der Waals surface area contributed by atoms with Gasteiger partial charge in [0, 0.05) is 4.70 Å². The Morgan fingerprint density at radius 2 is 2.00 bits per heavy atom. The Morgan fingerprint density at radius 3 is 2.71 bits per heavy atom. The van der Waals surface area contributed by atoms with Gasteiger partial charge in [-0.1, -0.05) is 29.5 Å². The number of carbonyl (C=O) groups is 1. The molecule has 70 valence electrons. The molecule has 1 heterocycles. The van der Waals surface area contributed by atoms with Gasteiger partial charge in [-0.25, -0.2) is 0 Å². The van der Waals surface area contributed by atoms with Gasteiger partial charge in [-0.2, -0.15) is 0 Å². The Hall–Kier alpha value is -1.48. The molecular formula is C11H8O2S. The van der Waals surface area contributed by atoms with Gasteiger partial charge in [0.25, 0.3) is 0 Å². The van der Waals surface area contributed by atoms with Gasteiger partial charge in [0.15, 0.2) is 5.78 Å². The van der Waals surface area contributed by atoms with Gasteiger partial charge in [0.2, 0.25) is 4.74 Å². The molecule has 0 spiro atoms. The molecule has 0 N–H and O–H groups in total. The van der Waals surface area contributed by atoms with E-state index in [0.29, 0.717) is 0 Å². The highest BCUT2D eigenvalue weighted by atomic mass is 32.1. The van der Waals surface area contributed by atoms with Crippen molar-refractivity contribution < 1.29 is 4.79 Å². The van der Waals surface area contributed by atoms with Gasteiger partial charge in [-0.15, -0.1) is 0 Å². The number of rotatable bonds is 1. The number of carbonyl (C=O) groups excluding carboxylic acids is 1. The SMILES string of the molecule is CC(=O)c1cc2ccccc2sc1=O. The Morgan fingerprint density at radius 1 is 1.29 bits per heavy atom. The summed E-state index contributed by atoms with van der Waals surface area (Å²) in [4.78, 5) is 22.6. The smallest absolute Gasteiger partial charge is 0.243 e. The second-order valence-corrected chi connectivity index (χ2v) is 4.06. The normalized spacial score (nSPS) is 10.4. The van der Waals surface area contributed by atoms with Gasteiger partial charge < -0.3 is 0 Å². The zero-order valence-corrected chi connectivity index (χ0v) is 8.43. The van der Waals surface area contributed by atoms with Crippen LogP contribution in [0.15, 0.2) is 35.1 Å². The standard InChI is InChI=1S/C11H8O2S/c1-7(12)9-6-8-4-2-3-5-10(8)14-11(9)13/h2-6H,1H3. The van der Waals surface area contributed by atoms with Gasteiger partial charge in [0.05, 0.1) is 5.56 Å². The third-order valence-corrected chi connectivity index (χ3v) is 3.02. The molecule has 0 radical (unpaired) electrons. The lowest BCUT2D eigenvalue weighted by Gasteiger charge is -1.97. The van der Waals surface area contributed by atoms with E-state index in [1.807, 2.05) is 24.3 Å². The minimum atomic E-state index is -0.169. The molecule has 0 fully saturated rings. The van der Waals surface area contributed by atoms with Gasteiger partial charge in [0.1, 0.15) is 0 Å². The molecule has 2 aromatic rings. The maximum Gasteiger partial charge on any atom is 0.243 e. The second-order valence-electron chi connectivity index (χ2n) is 3.04. The fraction of sp³-hybridized carbons (Fsp3) is 0.0909. The van der Waals surface area contributed by atoms with Crippen LogP contribution in [0.25, 0.3) is 10.1 Å². The van der Waals surface area contributed by atoms with Crippen molar-refractivity contribution in [1.82, 2.24) is 0 Å². The molecule has 0 amide bonds. The van der Waals surface area contributed by atoms with Crippen molar-refractivity contribution in [3.05, 3.63) is 45.4 Å². The van der Waals surface area contributed by atoms with Crippen molar-refractivity contribution in [2.45, 2.75) is 6.92 Å². The highest BCUT2D eigenvalue weighted by Crippen LogP contribution is 2.16. The third kappa shape index (κ3) is 1.46. The van der Waals surface area contributed by atoms with Crippen molar-refractivity contribution in [2.75, 3.05) is 0 Å². The monoisotopic (exact) mass is 204 g/mol. The molecule has 0 atom stereocenters. The quantitative estimate of drug-likeness (QED) is 0.669. The van der Waals surface area contributed by atoms with E-state index in [9.17, 15) is 9.59 Å². The molecule has 3 heteroatoms. The van der Waals surface area contributed by atoms with E-state index in [-0.39, 0.29) is 16.1 Å². The molecular weight excluding hydrogens is 196 g/mol. The van der Waals surface area contributed by atoms with Gasteiger partial charge in [-0.3, -0.25) is 9.59 Å². The Balaban J connectivity index is 2.84. The first kappa shape index (κ1) is 9.09. The Kier molecular flexibility index (Phi) is 2.17. The average molecular weight is 204 g/mol. The molecule has 0 bridgehead atoms. The molecule has 0 saturated carbocycles. The molecule has 2 nitrogen and oxygen atoms in total. The summed E-state index contributed by atoms with van der Waals surface area (Å²) in [6, 6.07) is 9.22. The van der Waals surface area contributed by atoms with E-state index in [1.165, 1.54) is 6.92 Å². The van der Waals surface area contributed by atoms with Crippen molar-refractivity contribution in [2.24, 2.45) is 0 Å². The lowest BCUT2D eigenvalue weighted by atomic mass is 10.2. The first-order valence-electron chi connectivity index (χ1n) is 4.22. The zero-order chi connectivity index (χ0) is 10.1. The van der Waals surface area contributed by atoms with Crippen LogP contribution in [0.5, 0.6) is 0 Å². The van der Waals surface area contributed by atoms with Crippen LogP contribution in [0.1, 0.15) is 17.3 Å². The molecule has 14 heavy (non-hydrogen) atoms. The van der Waals surface area contributed by atoms with E-state index in [0.717, 1.165) is 21.4 Å². The van der Waals surface area contributed by atoms with Crippen LogP contribution in [0.2, 0.25) is 0 Å². The second kappa shape index (κ2) is 3.35. The minimum absolute atomic E-state index is 0.156. The van der Waals surface area contributed by atoms with Crippen molar-refractivity contribution in [3.63, 3.8) is 0 Å². The Bertz CT molecular complexity index is 554. The van der Waals surface area contributed by atoms with Crippen LogP contribution < -0.4 is 4.74 Å². The highest BCUT2D eigenvalue weighted by Gasteiger charge is 2.06. The first-order chi connectivity index (χ1) is 6.68. The molecule has 0 aliphatic rings. The summed E-state index contributed by atoms with van der Waals surface area (Å²) in [7, 11) is 0. The van der Waals surface area contributed by atoms with E-state index < -0.39 is 0 Å². The molecule has 0 saturated heterocycles. The van der Waals surface area contributed by atoms with Crippen LogP contribution in [0.3, 0.4) is 0 Å². The summed E-state index contributed by atoms with van der Waals surface area (Å²) >= 11 is 1.12. The largest absolute Gasteiger partial charge is 0.294 e. The van der Waals surface area contributed by atoms with Gasteiger partial charge >= 0.3 is 0 Å². The van der Waals surface area contributed by atoms with Crippen LogP contribution in [-0.2, 0) is 0 Å². The number of hydrogen-bond acceptors (Lipinski definition) is 3. The van der Waals surface area contributed by atoms with Crippen molar-refractivity contribution in [3.8, 4) is 0 Å². The number of Topliss-reactive ketones (excluding diaryl/α,β-unsaturated/α-hetero) is 1. The summed E-state index contributed by atoms with van der Waals surface area (Å²) in [6.07, 6.45) is 0. The average Bonchev–Trinajstić information content (AvgIpc) is 2.16. The summed E-state index contributed by atoms with van der Waals surface area (Å²) in [6.45, 7) is 1.41. The maximum atomic E-state index is 11.5. The summed E-state index contributed by atoms with van der Waals surface area (Å²) in [5.41, 5.74) is 0.286. The number of fused-ring (bicyclic) bond motifs is 1. The number of hydrogen-bond donors (Lipinski definition) is 0. The first-order valence-corrected chi connectivity index (χ1v) is 5.04. The fourth-order valence-electron chi connectivity index (χ4n) is 1.31. The van der Waals surface area contributed by atoms with E-state index >= 15 is 0 Å². The molecule has 1 aromatic carbocycles. The van der Waals surface area contributed by atoms with E-state index in [2.05, 4.69) is 0 Å². The third-order valence-electron chi connectivity index (χ3n) is 2.02. The highest BCUT2D eigenvalue weighted by molar-refractivity contribution is 7.16. The predicted octanol–water partition coefficient (Wildman–Crippen LogP) is 2.46. The molecule has 0 unspecified atom stereocenters. The molecule has 1 aromatic heterocycles. The summed E-state index contributed by atoms with van der Waals surface area (Å²) in [5, 5.41) is 0.947. The molecule has 0 aliphatic carbocycles. The van der Waals surface area contributed by atoms with Crippen LogP contribution in [0, 0.1) is 0 Å². The lowest BCUT2D eigenvalue weighted by molar-refractivity contribution is 0.101. The van der Waals surface area contributed by atoms with Crippen molar-refractivity contribution >= 4 is 27.2 Å². The van der Waals surface area contributed by atoms with E-state index in [1.54, 1.807) is 6.07 Å². The summed E-state index contributed by atoms with van der Waals surface area (Å²) in [5.74, 6) is -0.169. The fourth-order valence-corrected chi connectivity index (χ4v) is 2.21. The van der Waals surface area contributed by atoms with Crippen LogP contribution in [-0.4, -0.2) is 5.78 Å². The van der Waals surface area contributed by atoms with Gasteiger partial charge in [-0.05, 0) is 24.4 Å². The van der Waals surface area contributed by atoms with Crippen LogP contribution >= 0.6 is 11.3 Å². The van der Waals surface area contributed by atoms with Crippen LogP contribution in [0.4, 0.5) is 0 Å². The maximum absolute atomic E-state index is 11.5. The lowest BCUT2D eigenvalue weighted by Crippen LogP contribution is -2.08. The number of ketones is 1. The minimum Gasteiger partial charge on any atom is -0.294 e. The zero-order valence-electron chi connectivity index (χ0n) is 7.61. The summed E-state index contributed by atoms with van der Waals surface area (Å²) < 4.78 is 0.763. The van der Waals surface area contributed by atoms with Crippen molar-refractivity contribution in [1.29, 1.82) is 0 Å². The number of benzene rings is 1. The molecule has 0 aliphatic heterocycles.